The predicted octanol–water partition coefficient (Wildman–Crippen LogP) is 2.83. The molecule has 1 fully saturated rings. The van der Waals surface area contributed by atoms with Gasteiger partial charge in [0.15, 0.2) is 5.78 Å². The first-order valence-corrected chi connectivity index (χ1v) is 8.48. The first-order valence-electron chi connectivity index (χ1n) is 7.09. The molecule has 0 amide bonds. The Labute approximate surface area is 122 Å². The molecule has 1 heterocycles. The van der Waals surface area contributed by atoms with Crippen molar-refractivity contribution in [2.45, 2.75) is 58.3 Å². The minimum atomic E-state index is -0.643. The van der Waals surface area contributed by atoms with E-state index in [-0.39, 0.29) is 17.3 Å². The number of ketones is 1. The van der Waals surface area contributed by atoms with Crippen LogP contribution in [0.4, 0.5) is 0 Å². The van der Waals surface area contributed by atoms with Crippen molar-refractivity contribution in [1.29, 1.82) is 0 Å². The third-order valence-corrected chi connectivity index (χ3v) is 4.91. The highest BCUT2D eigenvalue weighted by Gasteiger charge is 2.53. The maximum absolute atomic E-state index is 12.5. The number of nitrogens with zero attached hydrogens (tertiary/aromatic N) is 1. The van der Waals surface area contributed by atoms with E-state index in [1.54, 1.807) is 0 Å². The molecule has 0 aromatic rings. The van der Waals surface area contributed by atoms with Crippen LogP contribution >= 0.6 is 11.8 Å². The summed E-state index contributed by atoms with van der Waals surface area (Å²) in [5.74, 6) is 1.31. The van der Waals surface area contributed by atoms with E-state index in [1.807, 2.05) is 39.5 Å². The number of carbonyl (C=O) groups excluding carboxylic acids is 1. The SMILES string of the molecule is CCC(CSC)N(C)CC1C(=O)C(C)(C)OC1(C)C. The Morgan fingerprint density at radius 3 is 2.32 bits per heavy atom. The Kier molecular flexibility index (Phi) is 5.50. The average molecular weight is 287 g/mol. The minimum Gasteiger partial charge on any atom is -0.361 e. The van der Waals surface area contributed by atoms with Gasteiger partial charge in [-0.2, -0.15) is 11.8 Å². The number of hydrogen-bond donors (Lipinski definition) is 0. The summed E-state index contributed by atoms with van der Waals surface area (Å²) in [5, 5.41) is 0. The third kappa shape index (κ3) is 3.73. The van der Waals surface area contributed by atoms with Gasteiger partial charge in [0.05, 0.1) is 11.5 Å². The van der Waals surface area contributed by atoms with Crippen LogP contribution in [0, 0.1) is 5.92 Å². The van der Waals surface area contributed by atoms with E-state index in [0.29, 0.717) is 6.04 Å². The maximum atomic E-state index is 12.5. The monoisotopic (exact) mass is 287 g/mol. The number of ether oxygens (including phenoxy) is 1. The van der Waals surface area contributed by atoms with Crippen molar-refractivity contribution in [1.82, 2.24) is 4.90 Å². The normalized spacial score (nSPS) is 26.9. The molecule has 3 nitrogen and oxygen atoms in total. The predicted molar refractivity (Wildman–Crippen MR) is 82.8 cm³/mol. The number of thioether (sulfide) groups is 1. The van der Waals surface area contributed by atoms with Crippen LogP contribution in [0.2, 0.25) is 0 Å². The zero-order valence-corrected chi connectivity index (χ0v) is 14.3. The molecule has 1 aliphatic heterocycles. The molecule has 4 heteroatoms. The summed E-state index contributed by atoms with van der Waals surface area (Å²) in [7, 11) is 2.12. The van der Waals surface area contributed by atoms with E-state index in [1.165, 1.54) is 0 Å². The molecule has 2 unspecified atom stereocenters. The summed E-state index contributed by atoms with van der Waals surface area (Å²) in [5.41, 5.74) is -1.01. The standard InChI is InChI=1S/C15H29NO2S/c1-8-11(10-19-7)16(6)9-12-13(17)15(4,5)18-14(12,2)3/h11-12H,8-10H2,1-7H3. The molecule has 0 radical (unpaired) electrons. The van der Waals surface area contributed by atoms with Gasteiger partial charge in [-0.25, -0.2) is 0 Å². The number of carbonyl (C=O) groups is 1. The summed E-state index contributed by atoms with van der Waals surface area (Å²) in [6, 6.07) is 0.530. The number of hydrogen-bond acceptors (Lipinski definition) is 4. The zero-order valence-electron chi connectivity index (χ0n) is 13.4. The van der Waals surface area contributed by atoms with E-state index in [9.17, 15) is 4.79 Å². The largest absolute Gasteiger partial charge is 0.361 e. The fraction of sp³-hybridized carbons (Fsp3) is 0.933. The van der Waals surface area contributed by atoms with E-state index in [4.69, 9.17) is 4.74 Å². The Morgan fingerprint density at radius 2 is 1.95 bits per heavy atom. The highest BCUT2D eigenvalue weighted by atomic mass is 32.2. The molecule has 0 aromatic carbocycles. The first-order chi connectivity index (χ1) is 8.65. The highest BCUT2D eigenvalue weighted by molar-refractivity contribution is 7.98. The van der Waals surface area contributed by atoms with Crippen molar-refractivity contribution in [2.75, 3.05) is 25.6 Å². The molecule has 2 atom stereocenters. The summed E-state index contributed by atoms with van der Waals surface area (Å²) >= 11 is 1.86. The van der Waals surface area contributed by atoms with Gasteiger partial charge in [-0.1, -0.05) is 6.92 Å². The van der Waals surface area contributed by atoms with Crippen LogP contribution in [0.1, 0.15) is 41.0 Å². The summed E-state index contributed by atoms with van der Waals surface area (Å²) in [4.78, 5) is 14.8. The summed E-state index contributed by atoms with van der Waals surface area (Å²) < 4.78 is 5.95. The molecule has 112 valence electrons. The molecule has 1 rings (SSSR count). The molecular weight excluding hydrogens is 258 g/mol. The van der Waals surface area contributed by atoms with Crippen molar-refractivity contribution in [3.8, 4) is 0 Å². The van der Waals surface area contributed by atoms with Crippen LogP contribution in [0.15, 0.2) is 0 Å². The van der Waals surface area contributed by atoms with Crippen molar-refractivity contribution >= 4 is 17.5 Å². The molecular formula is C15H29NO2S. The van der Waals surface area contributed by atoms with E-state index >= 15 is 0 Å². The van der Waals surface area contributed by atoms with Crippen LogP contribution in [0.3, 0.4) is 0 Å². The zero-order chi connectivity index (χ0) is 14.8. The Morgan fingerprint density at radius 1 is 1.37 bits per heavy atom. The smallest absolute Gasteiger partial charge is 0.171 e. The molecule has 1 saturated heterocycles. The lowest BCUT2D eigenvalue weighted by molar-refractivity contribution is -0.132. The number of Topliss-reactive ketones (excluding diaryl/α,β-unsaturated/α-hetero) is 1. The van der Waals surface area contributed by atoms with Crippen LogP contribution in [0.5, 0.6) is 0 Å². The van der Waals surface area contributed by atoms with Gasteiger partial charge in [0, 0.05) is 18.3 Å². The van der Waals surface area contributed by atoms with Gasteiger partial charge in [-0.15, -0.1) is 0 Å². The van der Waals surface area contributed by atoms with Crippen molar-refractivity contribution < 1.29 is 9.53 Å². The van der Waals surface area contributed by atoms with Crippen molar-refractivity contribution in [2.24, 2.45) is 5.92 Å². The molecule has 0 N–H and O–H groups in total. The van der Waals surface area contributed by atoms with Crippen molar-refractivity contribution in [3.63, 3.8) is 0 Å². The van der Waals surface area contributed by atoms with Crippen LogP contribution < -0.4 is 0 Å². The molecule has 0 aliphatic carbocycles. The molecule has 0 bridgehead atoms. The van der Waals surface area contributed by atoms with Gasteiger partial charge in [0.1, 0.15) is 5.60 Å². The van der Waals surface area contributed by atoms with Crippen LogP contribution in [0.25, 0.3) is 0 Å². The quantitative estimate of drug-likeness (QED) is 0.751. The molecule has 0 spiro atoms. The third-order valence-electron chi connectivity index (χ3n) is 4.19. The summed E-state index contributed by atoms with van der Waals surface area (Å²) in [6.45, 7) is 10.8. The maximum Gasteiger partial charge on any atom is 0.171 e. The fourth-order valence-electron chi connectivity index (χ4n) is 3.00. The second kappa shape index (κ2) is 6.15. The molecule has 19 heavy (non-hydrogen) atoms. The lowest BCUT2D eigenvalue weighted by Gasteiger charge is -2.32. The van der Waals surface area contributed by atoms with E-state index in [0.717, 1.165) is 18.7 Å². The summed E-state index contributed by atoms with van der Waals surface area (Å²) in [6.07, 6.45) is 3.25. The van der Waals surface area contributed by atoms with Gasteiger partial charge in [-0.05, 0) is 47.4 Å². The van der Waals surface area contributed by atoms with Gasteiger partial charge in [0.2, 0.25) is 0 Å². The van der Waals surface area contributed by atoms with Gasteiger partial charge in [-0.3, -0.25) is 4.79 Å². The number of rotatable bonds is 6. The minimum absolute atomic E-state index is 0.0385. The Balaban J connectivity index is 2.77. The topological polar surface area (TPSA) is 29.5 Å². The van der Waals surface area contributed by atoms with Gasteiger partial charge >= 0.3 is 0 Å². The van der Waals surface area contributed by atoms with Crippen LogP contribution in [-0.4, -0.2) is 53.5 Å². The lowest BCUT2D eigenvalue weighted by Crippen LogP contribution is -2.44. The molecule has 0 saturated carbocycles. The van der Waals surface area contributed by atoms with Gasteiger partial charge in [0.25, 0.3) is 0 Å². The Bertz CT molecular complexity index is 328. The van der Waals surface area contributed by atoms with Gasteiger partial charge < -0.3 is 9.64 Å². The van der Waals surface area contributed by atoms with E-state index < -0.39 is 5.60 Å². The van der Waals surface area contributed by atoms with Crippen LogP contribution in [-0.2, 0) is 9.53 Å². The first kappa shape index (κ1) is 17.0. The van der Waals surface area contributed by atoms with Crippen molar-refractivity contribution in [3.05, 3.63) is 0 Å². The van der Waals surface area contributed by atoms with E-state index in [2.05, 4.69) is 25.1 Å². The fourth-order valence-corrected chi connectivity index (χ4v) is 3.88. The highest BCUT2D eigenvalue weighted by Crippen LogP contribution is 2.39. The second-order valence-electron chi connectivity index (χ2n) is 6.59. The second-order valence-corrected chi connectivity index (χ2v) is 7.50. The Hall–Kier alpha value is -0.0600. The average Bonchev–Trinajstić information content (AvgIpc) is 2.44. The molecule has 0 aromatic heterocycles. The lowest BCUT2D eigenvalue weighted by atomic mass is 9.85. The molecule has 1 aliphatic rings.